The summed E-state index contributed by atoms with van der Waals surface area (Å²) in [5.41, 5.74) is -0.291. The maximum atomic E-state index is 11.4. The van der Waals surface area contributed by atoms with Gasteiger partial charge in [0.15, 0.2) is 0 Å². The second kappa shape index (κ2) is 5.47. The highest BCUT2D eigenvalue weighted by Gasteiger charge is 2.27. The van der Waals surface area contributed by atoms with Crippen LogP contribution in [0.5, 0.6) is 0 Å². The van der Waals surface area contributed by atoms with Crippen molar-refractivity contribution in [3.8, 4) is 0 Å². The Labute approximate surface area is 91.4 Å². The van der Waals surface area contributed by atoms with E-state index in [2.05, 4.69) is 10.6 Å². The van der Waals surface area contributed by atoms with Crippen LogP contribution < -0.4 is 10.6 Å². The van der Waals surface area contributed by atoms with Gasteiger partial charge in [-0.15, -0.1) is 0 Å². The molecule has 4 heteroatoms. The van der Waals surface area contributed by atoms with E-state index in [4.69, 9.17) is 0 Å². The van der Waals surface area contributed by atoms with Crippen molar-refractivity contribution in [3.63, 3.8) is 0 Å². The molecule has 1 aliphatic rings. The minimum atomic E-state index is -0.291. The summed E-state index contributed by atoms with van der Waals surface area (Å²) in [5, 5.41) is 15.4. The Morgan fingerprint density at radius 3 is 2.40 bits per heavy atom. The quantitative estimate of drug-likeness (QED) is 0.575. The molecule has 0 bridgehead atoms. The number of aliphatic hydroxyl groups is 1. The largest absolute Gasteiger partial charge is 0.394 e. The Bertz CT molecular complexity index is 202. The fourth-order valence-corrected chi connectivity index (χ4v) is 1.55. The normalized spacial score (nSPS) is 16.5. The average molecular weight is 214 g/mol. The number of rotatable bonds is 7. The molecule has 0 aromatic rings. The van der Waals surface area contributed by atoms with Gasteiger partial charge in [0.25, 0.3) is 0 Å². The van der Waals surface area contributed by atoms with Crippen LogP contribution in [0.2, 0.25) is 0 Å². The van der Waals surface area contributed by atoms with E-state index in [1.54, 1.807) is 0 Å². The highest BCUT2D eigenvalue weighted by molar-refractivity contribution is 5.78. The first kappa shape index (κ1) is 12.5. The van der Waals surface area contributed by atoms with Crippen LogP contribution in [0.4, 0.5) is 0 Å². The molecular formula is C11H22N2O2. The summed E-state index contributed by atoms with van der Waals surface area (Å²) in [6.45, 7) is 4.42. The van der Waals surface area contributed by atoms with Crippen molar-refractivity contribution < 1.29 is 9.90 Å². The van der Waals surface area contributed by atoms with Gasteiger partial charge in [-0.05, 0) is 25.7 Å². The molecule has 0 unspecified atom stereocenters. The van der Waals surface area contributed by atoms with Gasteiger partial charge in [-0.25, -0.2) is 0 Å². The maximum Gasteiger partial charge on any atom is 0.234 e. The monoisotopic (exact) mass is 214 g/mol. The first-order valence-electron chi connectivity index (χ1n) is 5.81. The Hall–Kier alpha value is -0.610. The number of aliphatic hydroxyl groups excluding tert-OH is 1. The van der Waals surface area contributed by atoms with Gasteiger partial charge < -0.3 is 15.7 Å². The molecule has 15 heavy (non-hydrogen) atoms. The van der Waals surface area contributed by atoms with E-state index in [1.807, 2.05) is 13.8 Å². The van der Waals surface area contributed by atoms with Crippen molar-refractivity contribution in [3.05, 3.63) is 0 Å². The summed E-state index contributed by atoms with van der Waals surface area (Å²) in [7, 11) is 0. The molecule has 0 aliphatic heterocycles. The second-order valence-corrected chi connectivity index (χ2v) is 4.34. The van der Waals surface area contributed by atoms with Crippen LogP contribution in [0.1, 0.15) is 39.5 Å². The van der Waals surface area contributed by atoms with Crippen LogP contribution in [-0.4, -0.2) is 35.7 Å². The number of carbonyl (C=O) groups excluding carboxylic acids is 1. The molecule has 0 aromatic carbocycles. The van der Waals surface area contributed by atoms with Crippen molar-refractivity contribution in [2.75, 3.05) is 13.2 Å². The first-order valence-corrected chi connectivity index (χ1v) is 5.81. The van der Waals surface area contributed by atoms with Crippen molar-refractivity contribution in [2.24, 2.45) is 0 Å². The number of amides is 1. The SMILES string of the molecule is CCC(CC)(CO)NCC(=O)NC1CC1. The van der Waals surface area contributed by atoms with Crippen LogP contribution in [0.3, 0.4) is 0 Å². The Balaban J connectivity index is 2.28. The van der Waals surface area contributed by atoms with Crippen LogP contribution >= 0.6 is 0 Å². The van der Waals surface area contributed by atoms with Crippen LogP contribution in [-0.2, 0) is 4.79 Å². The summed E-state index contributed by atoms with van der Waals surface area (Å²) in [6, 6.07) is 0.408. The fourth-order valence-electron chi connectivity index (χ4n) is 1.55. The Morgan fingerprint density at radius 1 is 1.40 bits per heavy atom. The van der Waals surface area contributed by atoms with Gasteiger partial charge in [-0.2, -0.15) is 0 Å². The highest BCUT2D eigenvalue weighted by Crippen LogP contribution is 2.18. The molecule has 1 fully saturated rings. The van der Waals surface area contributed by atoms with E-state index in [0.29, 0.717) is 12.6 Å². The minimum absolute atomic E-state index is 0.0391. The van der Waals surface area contributed by atoms with Gasteiger partial charge in [0.1, 0.15) is 0 Å². The van der Waals surface area contributed by atoms with Crippen LogP contribution in [0.25, 0.3) is 0 Å². The van der Waals surface area contributed by atoms with Gasteiger partial charge >= 0.3 is 0 Å². The molecule has 0 aromatic heterocycles. The molecule has 0 atom stereocenters. The fraction of sp³-hybridized carbons (Fsp3) is 0.909. The standard InChI is InChI=1S/C11H22N2O2/c1-3-11(4-2,8-14)12-7-10(15)13-9-5-6-9/h9,12,14H,3-8H2,1-2H3,(H,13,15). The summed E-state index contributed by atoms with van der Waals surface area (Å²) in [6.07, 6.45) is 3.88. The van der Waals surface area contributed by atoms with Crippen molar-refractivity contribution in [1.82, 2.24) is 10.6 Å². The summed E-state index contributed by atoms with van der Waals surface area (Å²) >= 11 is 0. The van der Waals surface area contributed by atoms with E-state index in [0.717, 1.165) is 25.7 Å². The van der Waals surface area contributed by atoms with E-state index >= 15 is 0 Å². The lowest BCUT2D eigenvalue weighted by atomic mass is 9.94. The molecule has 1 saturated carbocycles. The predicted octanol–water partition coefficient (Wildman–Crippen LogP) is 0.406. The highest BCUT2D eigenvalue weighted by atomic mass is 16.3. The van der Waals surface area contributed by atoms with Crippen molar-refractivity contribution in [2.45, 2.75) is 51.1 Å². The number of hydrogen-bond donors (Lipinski definition) is 3. The van der Waals surface area contributed by atoms with Crippen LogP contribution in [0.15, 0.2) is 0 Å². The Morgan fingerprint density at radius 2 is 2.00 bits per heavy atom. The third kappa shape index (κ3) is 3.80. The second-order valence-electron chi connectivity index (χ2n) is 4.34. The first-order chi connectivity index (χ1) is 7.15. The summed E-state index contributed by atoms with van der Waals surface area (Å²) in [4.78, 5) is 11.4. The van der Waals surface area contributed by atoms with E-state index in [1.165, 1.54) is 0 Å². The van der Waals surface area contributed by atoms with E-state index in [9.17, 15) is 9.90 Å². The summed E-state index contributed by atoms with van der Waals surface area (Å²) in [5.74, 6) is 0.0391. The molecule has 0 saturated heterocycles. The molecule has 3 N–H and O–H groups in total. The molecule has 1 aliphatic carbocycles. The van der Waals surface area contributed by atoms with Gasteiger partial charge in [0.2, 0.25) is 5.91 Å². The number of nitrogens with one attached hydrogen (secondary N) is 2. The zero-order valence-electron chi connectivity index (χ0n) is 9.68. The lowest BCUT2D eigenvalue weighted by molar-refractivity contribution is -0.120. The van der Waals surface area contributed by atoms with Gasteiger partial charge in [0, 0.05) is 11.6 Å². The van der Waals surface area contributed by atoms with Gasteiger partial charge in [-0.3, -0.25) is 4.79 Å². The molecule has 1 rings (SSSR count). The van der Waals surface area contributed by atoms with Crippen molar-refractivity contribution in [1.29, 1.82) is 0 Å². The van der Waals surface area contributed by atoms with Crippen molar-refractivity contribution >= 4 is 5.91 Å². The molecule has 4 nitrogen and oxygen atoms in total. The lowest BCUT2D eigenvalue weighted by Crippen LogP contribution is -2.51. The predicted molar refractivity (Wildman–Crippen MR) is 59.6 cm³/mol. The number of hydrogen-bond acceptors (Lipinski definition) is 3. The molecular weight excluding hydrogens is 192 g/mol. The average Bonchev–Trinajstić information content (AvgIpc) is 3.05. The van der Waals surface area contributed by atoms with Gasteiger partial charge in [0.05, 0.1) is 13.2 Å². The molecule has 0 heterocycles. The van der Waals surface area contributed by atoms with Crippen LogP contribution in [0, 0.1) is 0 Å². The molecule has 0 spiro atoms. The van der Waals surface area contributed by atoms with E-state index < -0.39 is 0 Å². The van der Waals surface area contributed by atoms with Gasteiger partial charge in [-0.1, -0.05) is 13.8 Å². The minimum Gasteiger partial charge on any atom is -0.394 e. The molecule has 88 valence electrons. The molecule has 1 amide bonds. The molecule has 0 radical (unpaired) electrons. The zero-order valence-corrected chi connectivity index (χ0v) is 9.68. The third-order valence-corrected chi connectivity index (χ3v) is 3.22. The third-order valence-electron chi connectivity index (χ3n) is 3.22. The maximum absolute atomic E-state index is 11.4. The van der Waals surface area contributed by atoms with E-state index in [-0.39, 0.29) is 18.1 Å². The zero-order chi connectivity index (χ0) is 11.3. The lowest BCUT2D eigenvalue weighted by Gasteiger charge is -2.30. The number of carbonyl (C=O) groups is 1. The smallest absolute Gasteiger partial charge is 0.234 e. The summed E-state index contributed by atoms with van der Waals surface area (Å²) < 4.78 is 0. The topological polar surface area (TPSA) is 61.4 Å². The Kier molecular flexibility index (Phi) is 4.54.